The molecule has 0 saturated heterocycles. The van der Waals surface area contributed by atoms with Gasteiger partial charge in [-0.05, 0) is 52.4 Å². The largest absolute Gasteiger partial charge is 0.478 e. The van der Waals surface area contributed by atoms with Crippen molar-refractivity contribution in [2.75, 3.05) is 0 Å². The molecule has 1 aliphatic carbocycles. The molecule has 2 atom stereocenters. The molecule has 21 heavy (non-hydrogen) atoms. The molecule has 5 heteroatoms. The van der Waals surface area contributed by atoms with Crippen molar-refractivity contribution in [3.8, 4) is 0 Å². The van der Waals surface area contributed by atoms with Gasteiger partial charge in [0.2, 0.25) is 0 Å². The standard InChI is InChI=1S/C16H15Br2NO2/c1-7-3-4-10-13(16(20)21)11-5-9(17)6-12(18)15(11)19-14(10)8(7)2/h5-8H,3-4H2,1-2H3,(H,20,21). The van der Waals surface area contributed by atoms with Gasteiger partial charge in [0.25, 0.3) is 0 Å². The van der Waals surface area contributed by atoms with Crippen LogP contribution in [0.3, 0.4) is 0 Å². The van der Waals surface area contributed by atoms with E-state index >= 15 is 0 Å². The summed E-state index contributed by atoms with van der Waals surface area (Å²) in [5.41, 5.74) is 3.00. The number of hydrogen-bond acceptors (Lipinski definition) is 2. The Hall–Kier alpha value is -0.940. The van der Waals surface area contributed by atoms with E-state index in [9.17, 15) is 9.90 Å². The van der Waals surface area contributed by atoms with Crippen molar-refractivity contribution in [3.05, 3.63) is 37.9 Å². The Kier molecular flexibility index (Phi) is 3.82. The van der Waals surface area contributed by atoms with E-state index in [4.69, 9.17) is 4.98 Å². The molecule has 0 bridgehead atoms. The van der Waals surface area contributed by atoms with Gasteiger partial charge in [0, 0.05) is 25.9 Å². The zero-order valence-electron chi connectivity index (χ0n) is 11.8. The van der Waals surface area contributed by atoms with Crippen LogP contribution in [0.1, 0.15) is 47.8 Å². The van der Waals surface area contributed by atoms with Gasteiger partial charge in [-0.3, -0.25) is 4.98 Å². The van der Waals surface area contributed by atoms with Gasteiger partial charge in [-0.2, -0.15) is 0 Å². The van der Waals surface area contributed by atoms with Crippen LogP contribution >= 0.6 is 31.9 Å². The van der Waals surface area contributed by atoms with E-state index in [2.05, 4.69) is 45.7 Å². The minimum Gasteiger partial charge on any atom is -0.478 e. The van der Waals surface area contributed by atoms with Crippen LogP contribution in [-0.4, -0.2) is 16.1 Å². The van der Waals surface area contributed by atoms with Crippen molar-refractivity contribution in [2.24, 2.45) is 5.92 Å². The summed E-state index contributed by atoms with van der Waals surface area (Å²) in [4.78, 5) is 16.6. The molecule has 110 valence electrons. The van der Waals surface area contributed by atoms with Crippen molar-refractivity contribution in [3.63, 3.8) is 0 Å². The summed E-state index contributed by atoms with van der Waals surface area (Å²) in [5.74, 6) is -0.0597. The summed E-state index contributed by atoms with van der Waals surface area (Å²) < 4.78 is 1.67. The monoisotopic (exact) mass is 411 g/mol. The van der Waals surface area contributed by atoms with Crippen LogP contribution in [0.25, 0.3) is 10.9 Å². The maximum Gasteiger partial charge on any atom is 0.336 e. The summed E-state index contributed by atoms with van der Waals surface area (Å²) in [7, 11) is 0. The molecular formula is C16H15Br2NO2. The molecule has 2 aromatic rings. The number of carboxylic acid groups (broad SMARTS) is 1. The highest BCUT2D eigenvalue weighted by molar-refractivity contribution is 9.11. The van der Waals surface area contributed by atoms with E-state index in [-0.39, 0.29) is 5.92 Å². The molecule has 1 aromatic heterocycles. The van der Waals surface area contributed by atoms with Gasteiger partial charge >= 0.3 is 5.97 Å². The quantitative estimate of drug-likeness (QED) is 0.704. The lowest BCUT2D eigenvalue weighted by Gasteiger charge is -2.29. The fourth-order valence-electron chi connectivity index (χ4n) is 3.11. The Morgan fingerprint density at radius 1 is 1.33 bits per heavy atom. The minimum absolute atomic E-state index is 0.284. The maximum absolute atomic E-state index is 11.8. The summed E-state index contributed by atoms with van der Waals surface area (Å²) in [6, 6.07) is 3.75. The van der Waals surface area contributed by atoms with Gasteiger partial charge in [0.05, 0.1) is 11.1 Å². The highest BCUT2D eigenvalue weighted by Crippen LogP contribution is 2.40. The molecule has 1 aliphatic rings. The van der Waals surface area contributed by atoms with Crippen molar-refractivity contribution in [1.29, 1.82) is 0 Å². The Morgan fingerprint density at radius 2 is 2.05 bits per heavy atom. The van der Waals surface area contributed by atoms with Gasteiger partial charge < -0.3 is 5.11 Å². The second kappa shape index (κ2) is 5.36. The van der Waals surface area contributed by atoms with Crippen molar-refractivity contribution >= 4 is 48.7 Å². The van der Waals surface area contributed by atoms with Crippen molar-refractivity contribution in [1.82, 2.24) is 4.98 Å². The number of nitrogens with zero attached hydrogens (tertiary/aromatic N) is 1. The molecule has 0 saturated carbocycles. The minimum atomic E-state index is -0.870. The smallest absolute Gasteiger partial charge is 0.336 e. The molecular weight excluding hydrogens is 398 g/mol. The number of halogens is 2. The lowest BCUT2D eigenvalue weighted by atomic mass is 9.78. The third-order valence-electron chi connectivity index (χ3n) is 4.49. The van der Waals surface area contributed by atoms with Crippen LogP contribution in [0.2, 0.25) is 0 Å². The fraction of sp³-hybridized carbons (Fsp3) is 0.375. The first kappa shape index (κ1) is 15.0. The number of carbonyl (C=O) groups is 1. The van der Waals surface area contributed by atoms with Crippen molar-refractivity contribution in [2.45, 2.75) is 32.6 Å². The second-order valence-corrected chi connectivity index (χ2v) is 7.51. The Bertz CT molecular complexity index is 758. The molecule has 1 heterocycles. The molecule has 0 spiro atoms. The molecule has 0 amide bonds. The third kappa shape index (κ3) is 2.40. The number of aromatic carboxylic acids is 1. The number of carboxylic acids is 1. The van der Waals surface area contributed by atoms with Crippen LogP contribution in [0.5, 0.6) is 0 Å². The molecule has 0 fully saturated rings. The summed E-state index contributed by atoms with van der Waals surface area (Å²) in [5, 5.41) is 10.4. The van der Waals surface area contributed by atoms with Crippen LogP contribution in [0.15, 0.2) is 21.1 Å². The Morgan fingerprint density at radius 3 is 2.71 bits per heavy atom. The van der Waals surface area contributed by atoms with Crippen LogP contribution in [-0.2, 0) is 6.42 Å². The number of fused-ring (bicyclic) bond motifs is 2. The fourth-order valence-corrected chi connectivity index (χ4v) is 4.43. The number of pyridine rings is 1. The first-order valence-corrected chi connectivity index (χ1v) is 8.53. The van der Waals surface area contributed by atoms with E-state index < -0.39 is 5.97 Å². The van der Waals surface area contributed by atoms with Gasteiger partial charge in [-0.15, -0.1) is 0 Å². The van der Waals surface area contributed by atoms with E-state index in [1.54, 1.807) is 0 Å². The van der Waals surface area contributed by atoms with Gasteiger partial charge in [0.15, 0.2) is 0 Å². The molecule has 1 N–H and O–H groups in total. The molecule has 0 radical (unpaired) electrons. The predicted molar refractivity (Wildman–Crippen MR) is 90.0 cm³/mol. The SMILES string of the molecule is CC1CCc2c(nc3c(Br)cc(Br)cc3c2C(=O)O)C1C. The Labute approximate surface area is 140 Å². The number of hydrogen-bond donors (Lipinski definition) is 1. The van der Waals surface area contributed by atoms with Crippen molar-refractivity contribution < 1.29 is 9.90 Å². The third-order valence-corrected chi connectivity index (χ3v) is 5.55. The van der Waals surface area contributed by atoms with Gasteiger partial charge in [-0.1, -0.05) is 29.8 Å². The summed E-state index contributed by atoms with van der Waals surface area (Å²) >= 11 is 6.94. The zero-order chi connectivity index (χ0) is 15.3. The van der Waals surface area contributed by atoms with Crippen LogP contribution in [0.4, 0.5) is 0 Å². The first-order chi connectivity index (χ1) is 9.90. The predicted octanol–water partition coefficient (Wildman–Crippen LogP) is 5.14. The number of rotatable bonds is 1. The van der Waals surface area contributed by atoms with Crippen LogP contribution in [0, 0.1) is 5.92 Å². The van der Waals surface area contributed by atoms with E-state index in [1.807, 2.05) is 12.1 Å². The average molecular weight is 413 g/mol. The molecule has 3 nitrogen and oxygen atoms in total. The molecule has 1 aromatic carbocycles. The normalized spacial score (nSPS) is 21.3. The van der Waals surface area contributed by atoms with Gasteiger partial charge in [-0.25, -0.2) is 4.79 Å². The van der Waals surface area contributed by atoms with Gasteiger partial charge in [0.1, 0.15) is 0 Å². The highest BCUT2D eigenvalue weighted by Gasteiger charge is 2.30. The lowest BCUT2D eigenvalue weighted by Crippen LogP contribution is -2.21. The summed E-state index contributed by atoms with van der Waals surface area (Å²) in [6.45, 7) is 4.34. The molecule has 2 unspecified atom stereocenters. The van der Waals surface area contributed by atoms with E-state index in [0.29, 0.717) is 16.9 Å². The zero-order valence-corrected chi connectivity index (χ0v) is 15.0. The Balaban J connectivity index is 2.44. The summed E-state index contributed by atoms with van der Waals surface area (Å²) in [6.07, 6.45) is 1.80. The topological polar surface area (TPSA) is 50.2 Å². The first-order valence-electron chi connectivity index (χ1n) is 6.95. The second-order valence-electron chi connectivity index (χ2n) is 5.74. The maximum atomic E-state index is 11.8. The highest BCUT2D eigenvalue weighted by atomic mass is 79.9. The van der Waals surface area contributed by atoms with Crippen LogP contribution < -0.4 is 0 Å². The molecule has 0 aliphatic heterocycles. The lowest BCUT2D eigenvalue weighted by molar-refractivity contribution is 0.0697. The number of benzene rings is 1. The molecule has 3 rings (SSSR count). The number of aromatic nitrogens is 1. The average Bonchev–Trinajstić information content (AvgIpc) is 2.41. The van der Waals surface area contributed by atoms with E-state index in [1.165, 1.54) is 0 Å². The van der Waals surface area contributed by atoms with E-state index in [0.717, 1.165) is 38.6 Å².